The number of allylic oxidation sites excluding steroid dienone is 1. The van der Waals surface area contributed by atoms with Crippen molar-refractivity contribution in [1.29, 1.82) is 0 Å². The lowest BCUT2D eigenvalue weighted by atomic mass is 10.0. The highest BCUT2D eigenvalue weighted by Crippen LogP contribution is 2.23. The number of fused-ring (bicyclic) bond motifs is 1. The number of anilines is 2. The SMILES string of the molecule is CNN(C)/C=C(\C)c1ccc2cnc(NC(=O)c3ccnc(N4CCN(C)CC4)c3)cc2c1.[HH]. The molecule has 1 fully saturated rings. The molecule has 1 aliphatic rings. The van der Waals surface area contributed by atoms with E-state index in [1.165, 1.54) is 0 Å². The lowest BCUT2D eigenvalue weighted by Crippen LogP contribution is -2.44. The molecule has 0 spiro atoms. The van der Waals surface area contributed by atoms with Gasteiger partial charge in [0.1, 0.15) is 11.6 Å². The Morgan fingerprint density at radius 1 is 1.06 bits per heavy atom. The minimum Gasteiger partial charge on any atom is -0.354 e. The number of likely N-dealkylation sites (N-methyl/N-ethyl adjacent to an activating group) is 1. The van der Waals surface area contributed by atoms with Gasteiger partial charge in [0.05, 0.1) is 0 Å². The van der Waals surface area contributed by atoms with Crippen molar-refractivity contribution in [3.05, 3.63) is 66.1 Å². The fraction of sp³-hybridized carbons (Fsp3) is 0.320. The molecule has 8 nitrogen and oxygen atoms in total. The number of nitrogens with one attached hydrogen (secondary N) is 2. The molecule has 1 aromatic carbocycles. The maximum Gasteiger partial charge on any atom is 0.257 e. The first kappa shape index (κ1) is 22.7. The summed E-state index contributed by atoms with van der Waals surface area (Å²) in [5.41, 5.74) is 5.88. The molecule has 3 aromatic rings. The summed E-state index contributed by atoms with van der Waals surface area (Å²) in [6.07, 6.45) is 5.52. The number of pyridine rings is 2. The maximum atomic E-state index is 12.9. The van der Waals surface area contributed by atoms with Crippen molar-refractivity contribution in [2.45, 2.75) is 6.92 Å². The zero-order chi connectivity index (χ0) is 23.4. The van der Waals surface area contributed by atoms with Crippen molar-refractivity contribution < 1.29 is 6.22 Å². The van der Waals surface area contributed by atoms with E-state index in [2.05, 4.69) is 56.6 Å². The van der Waals surface area contributed by atoms with Gasteiger partial charge in [-0.2, -0.15) is 0 Å². The van der Waals surface area contributed by atoms with Gasteiger partial charge in [-0.1, -0.05) is 12.1 Å². The minimum atomic E-state index is -0.192. The quantitative estimate of drug-likeness (QED) is 0.562. The van der Waals surface area contributed by atoms with E-state index in [0.29, 0.717) is 11.4 Å². The molecule has 0 aliphatic carbocycles. The Bertz CT molecular complexity index is 1170. The van der Waals surface area contributed by atoms with Crippen LogP contribution < -0.4 is 15.6 Å². The summed E-state index contributed by atoms with van der Waals surface area (Å²) in [7, 11) is 5.95. The van der Waals surface area contributed by atoms with Gasteiger partial charge in [0.15, 0.2) is 0 Å². The number of rotatable bonds is 6. The highest BCUT2D eigenvalue weighted by atomic mass is 16.1. The van der Waals surface area contributed by atoms with Crippen LogP contribution in [0.2, 0.25) is 0 Å². The number of carbonyl (C=O) groups excluding carboxylic acids is 1. The van der Waals surface area contributed by atoms with Crippen molar-refractivity contribution in [3.8, 4) is 0 Å². The van der Waals surface area contributed by atoms with Gasteiger partial charge < -0.3 is 20.1 Å². The van der Waals surface area contributed by atoms with Crippen LogP contribution in [-0.2, 0) is 0 Å². The third-order valence-corrected chi connectivity index (χ3v) is 5.99. The van der Waals surface area contributed by atoms with E-state index in [4.69, 9.17) is 0 Å². The molecule has 8 heteroatoms. The number of benzene rings is 1. The maximum absolute atomic E-state index is 12.9. The largest absolute Gasteiger partial charge is 0.354 e. The average Bonchev–Trinajstić information content (AvgIpc) is 2.84. The third kappa shape index (κ3) is 5.47. The van der Waals surface area contributed by atoms with Crippen molar-refractivity contribution in [1.82, 2.24) is 25.3 Å². The summed E-state index contributed by atoms with van der Waals surface area (Å²) in [4.78, 5) is 26.4. The number of hydrazine groups is 1. The number of hydrogen-bond donors (Lipinski definition) is 2. The van der Waals surface area contributed by atoms with Crippen molar-refractivity contribution >= 4 is 33.9 Å². The van der Waals surface area contributed by atoms with Crippen molar-refractivity contribution in [2.24, 2.45) is 0 Å². The van der Waals surface area contributed by atoms with E-state index in [0.717, 1.165) is 53.9 Å². The fourth-order valence-electron chi connectivity index (χ4n) is 3.84. The Labute approximate surface area is 196 Å². The zero-order valence-corrected chi connectivity index (χ0v) is 19.7. The number of amides is 1. The van der Waals surface area contributed by atoms with Crippen LogP contribution in [0.3, 0.4) is 0 Å². The van der Waals surface area contributed by atoms with Crippen molar-refractivity contribution in [2.75, 3.05) is 57.5 Å². The molecule has 1 saturated heterocycles. The second kappa shape index (κ2) is 9.97. The van der Waals surface area contributed by atoms with Crippen LogP contribution in [0.15, 0.2) is 55.0 Å². The molecule has 33 heavy (non-hydrogen) atoms. The van der Waals surface area contributed by atoms with Gasteiger partial charge in [-0.3, -0.25) is 4.79 Å². The van der Waals surface area contributed by atoms with Gasteiger partial charge in [0, 0.05) is 71.2 Å². The Kier molecular flexibility index (Phi) is 6.86. The summed E-state index contributed by atoms with van der Waals surface area (Å²) in [5.74, 6) is 1.17. The zero-order valence-electron chi connectivity index (χ0n) is 19.7. The summed E-state index contributed by atoms with van der Waals surface area (Å²) >= 11 is 0. The predicted molar refractivity (Wildman–Crippen MR) is 136 cm³/mol. The number of aromatic nitrogens is 2. The third-order valence-electron chi connectivity index (χ3n) is 5.99. The van der Waals surface area contributed by atoms with Gasteiger partial charge in [0.25, 0.3) is 5.91 Å². The molecule has 4 rings (SSSR count). The summed E-state index contributed by atoms with van der Waals surface area (Å²) in [6.45, 7) is 5.85. The molecule has 0 unspecified atom stereocenters. The van der Waals surface area contributed by atoms with Gasteiger partial charge >= 0.3 is 0 Å². The molecular weight excluding hydrogens is 414 g/mol. The fourth-order valence-corrected chi connectivity index (χ4v) is 3.84. The van der Waals surface area contributed by atoms with Crippen molar-refractivity contribution in [3.63, 3.8) is 0 Å². The smallest absolute Gasteiger partial charge is 0.257 e. The Balaban J connectivity index is 0.00000324. The van der Waals surface area contributed by atoms with Crippen LogP contribution >= 0.6 is 0 Å². The predicted octanol–water partition coefficient (Wildman–Crippen LogP) is 3.31. The van der Waals surface area contributed by atoms with Crippen LogP contribution in [0.4, 0.5) is 11.6 Å². The van der Waals surface area contributed by atoms with Crippen LogP contribution in [0.1, 0.15) is 24.3 Å². The molecule has 3 heterocycles. The molecule has 2 aromatic heterocycles. The first-order valence-electron chi connectivity index (χ1n) is 11.1. The molecule has 1 amide bonds. The highest BCUT2D eigenvalue weighted by molar-refractivity contribution is 6.05. The summed E-state index contributed by atoms with van der Waals surface area (Å²) < 4.78 is 0. The molecule has 0 bridgehead atoms. The minimum absolute atomic E-state index is 0. The van der Waals surface area contributed by atoms with Gasteiger partial charge in [-0.15, -0.1) is 0 Å². The van der Waals surface area contributed by atoms with E-state index in [1.807, 2.05) is 43.5 Å². The van der Waals surface area contributed by atoms with Crippen LogP contribution in [0.25, 0.3) is 16.3 Å². The summed E-state index contributed by atoms with van der Waals surface area (Å²) in [6, 6.07) is 11.7. The van der Waals surface area contributed by atoms with E-state index < -0.39 is 0 Å². The van der Waals surface area contributed by atoms with Crippen LogP contribution in [0.5, 0.6) is 0 Å². The second-order valence-electron chi connectivity index (χ2n) is 8.43. The molecule has 0 radical (unpaired) electrons. The Morgan fingerprint density at radius 3 is 2.61 bits per heavy atom. The number of hydrogen-bond acceptors (Lipinski definition) is 7. The van der Waals surface area contributed by atoms with E-state index >= 15 is 0 Å². The Morgan fingerprint density at radius 2 is 1.85 bits per heavy atom. The summed E-state index contributed by atoms with van der Waals surface area (Å²) in [5, 5.41) is 6.89. The molecular formula is C25H33N7O. The first-order chi connectivity index (χ1) is 15.9. The van der Waals surface area contributed by atoms with E-state index in [1.54, 1.807) is 18.5 Å². The van der Waals surface area contributed by atoms with Gasteiger partial charge in [-0.05, 0) is 54.8 Å². The highest BCUT2D eigenvalue weighted by Gasteiger charge is 2.17. The lowest BCUT2D eigenvalue weighted by Gasteiger charge is -2.33. The topological polar surface area (TPSA) is 76.6 Å². The van der Waals surface area contributed by atoms with Crippen LogP contribution in [0, 0.1) is 0 Å². The molecule has 0 atom stereocenters. The van der Waals surface area contributed by atoms with E-state index in [9.17, 15) is 4.79 Å². The van der Waals surface area contributed by atoms with Gasteiger partial charge in [0.2, 0.25) is 0 Å². The second-order valence-corrected chi connectivity index (χ2v) is 8.43. The number of carbonyl (C=O) groups is 1. The average molecular weight is 448 g/mol. The first-order valence-corrected chi connectivity index (χ1v) is 11.1. The molecule has 2 N–H and O–H groups in total. The molecule has 0 saturated carbocycles. The van der Waals surface area contributed by atoms with Gasteiger partial charge in [-0.25, -0.2) is 15.4 Å². The van der Waals surface area contributed by atoms with E-state index in [-0.39, 0.29) is 7.33 Å². The lowest BCUT2D eigenvalue weighted by molar-refractivity contribution is 0.102. The molecule has 1 aliphatic heterocycles. The Hall–Kier alpha value is -3.49. The number of nitrogens with zero attached hydrogens (tertiary/aromatic N) is 5. The normalized spacial score (nSPS) is 15.0. The molecule has 174 valence electrons. The standard InChI is InChI=1S/C25H31N7O.H2/c1-18(17-31(4)26-2)19-5-6-21-16-28-23(14-22(21)13-19)29-25(33)20-7-8-27-24(15-20)32-11-9-30(3)10-12-32;/h5-8,13-17,26H,9-12H2,1-4H3,(H,28,29,33);1H/b18-17+;. The number of piperazine rings is 1. The van der Waals surface area contributed by atoms with Crippen LogP contribution in [-0.4, -0.2) is 73.1 Å². The monoisotopic (exact) mass is 447 g/mol.